The van der Waals surface area contributed by atoms with E-state index in [1.54, 1.807) is 6.07 Å². The molecule has 0 saturated carbocycles. The highest BCUT2D eigenvalue weighted by Crippen LogP contribution is 2.28. The fourth-order valence-electron chi connectivity index (χ4n) is 1.81. The second kappa shape index (κ2) is 5.33. The number of ether oxygens (including phenoxy) is 1. The van der Waals surface area contributed by atoms with Crippen LogP contribution in [0.3, 0.4) is 0 Å². The van der Waals surface area contributed by atoms with Gasteiger partial charge in [0.1, 0.15) is 0 Å². The smallest absolute Gasteiger partial charge is 0.271 e. The first-order valence-corrected chi connectivity index (χ1v) is 5.83. The van der Waals surface area contributed by atoms with E-state index in [9.17, 15) is 10.1 Å². The van der Waals surface area contributed by atoms with Crippen molar-refractivity contribution < 1.29 is 9.66 Å². The van der Waals surface area contributed by atoms with E-state index in [0.717, 1.165) is 19.4 Å². The van der Waals surface area contributed by atoms with Gasteiger partial charge in [-0.05, 0) is 18.9 Å². The zero-order valence-corrected chi connectivity index (χ0v) is 9.94. The first-order chi connectivity index (χ1) is 8.16. The number of anilines is 1. The Labute approximate surface area is 104 Å². The van der Waals surface area contributed by atoms with Crippen molar-refractivity contribution in [1.29, 1.82) is 0 Å². The van der Waals surface area contributed by atoms with Crippen LogP contribution in [0.15, 0.2) is 18.2 Å². The molecule has 0 amide bonds. The van der Waals surface area contributed by atoms with Crippen molar-refractivity contribution in [2.75, 3.05) is 18.5 Å². The number of halogens is 1. The molecule has 1 N–H and O–H groups in total. The molecule has 1 aromatic carbocycles. The molecule has 92 valence electrons. The summed E-state index contributed by atoms with van der Waals surface area (Å²) >= 11 is 5.98. The SMILES string of the molecule is O=[N+]([O-])c1ccc(NC2CCCOC2)c(Cl)c1. The maximum atomic E-state index is 10.6. The van der Waals surface area contributed by atoms with E-state index in [0.29, 0.717) is 17.3 Å². The van der Waals surface area contributed by atoms with E-state index in [1.807, 2.05) is 0 Å². The zero-order valence-electron chi connectivity index (χ0n) is 9.19. The van der Waals surface area contributed by atoms with Crippen LogP contribution in [-0.2, 0) is 4.74 Å². The Kier molecular flexibility index (Phi) is 3.81. The fraction of sp³-hybridized carbons (Fsp3) is 0.455. The summed E-state index contributed by atoms with van der Waals surface area (Å²) in [5.74, 6) is 0. The Morgan fingerprint density at radius 3 is 2.94 bits per heavy atom. The summed E-state index contributed by atoms with van der Waals surface area (Å²) in [5, 5.41) is 14.2. The number of nitrogens with one attached hydrogen (secondary N) is 1. The summed E-state index contributed by atoms with van der Waals surface area (Å²) in [7, 11) is 0. The van der Waals surface area contributed by atoms with Crippen LogP contribution in [0.5, 0.6) is 0 Å². The average Bonchev–Trinajstić information content (AvgIpc) is 2.33. The third-order valence-corrected chi connectivity index (χ3v) is 3.00. The van der Waals surface area contributed by atoms with Crippen molar-refractivity contribution in [3.05, 3.63) is 33.3 Å². The van der Waals surface area contributed by atoms with Crippen molar-refractivity contribution in [3.8, 4) is 0 Å². The molecule has 0 spiro atoms. The van der Waals surface area contributed by atoms with Crippen molar-refractivity contribution in [1.82, 2.24) is 0 Å². The Morgan fingerprint density at radius 2 is 2.35 bits per heavy atom. The minimum atomic E-state index is -0.459. The van der Waals surface area contributed by atoms with Crippen LogP contribution in [0.4, 0.5) is 11.4 Å². The van der Waals surface area contributed by atoms with E-state index >= 15 is 0 Å². The highest BCUT2D eigenvalue weighted by molar-refractivity contribution is 6.33. The van der Waals surface area contributed by atoms with Crippen LogP contribution >= 0.6 is 11.6 Å². The maximum Gasteiger partial charge on any atom is 0.271 e. The third-order valence-electron chi connectivity index (χ3n) is 2.68. The van der Waals surface area contributed by atoms with Gasteiger partial charge in [0.15, 0.2) is 0 Å². The maximum absolute atomic E-state index is 10.6. The number of rotatable bonds is 3. The Balaban J connectivity index is 2.08. The molecular formula is C11H13ClN2O3. The van der Waals surface area contributed by atoms with E-state index in [4.69, 9.17) is 16.3 Å². The summed E-state index contributed by atoms with van der Waals surface area (Å²) in [5.41, 5.74) is 0.716. The molecule has 0 aliphatic carbocycles. The molecule has 1 unspecified atom stereocenters. The van der Waals surface area contributed by atoms with Crippen LogP contribution in [0, 0.1) is 10.1 Å². The predicted molar refractivity (Wildman–Crippen MR) is 65.6 cm³/mol. The highest BCUT2D eigenvalue weighted by atomic mass is 35.5. The summed E-state index contributed by atoms with van der Waals surface area (Å²) in [6, 6.07) is 4.66. The van der Waals surface area contributed by atoms with Gasteiger partial charge in [0.05, 0.1) is 22.2 Å². The van der Waals surface area contributed by atoms with Crippen molar-refractivity contribution in [3.63, 3.8) is 0 Å². The topological polar surface area (TPSA) is 64.4 Å². The van der Waals surface area contributed by atoms with Crippen LogP contribution < -0.4 is 5.32 Å². The van der Waals surface area contributed by atoms with Gasteiger partial charge in [0.25, 0.3) is 5.69 Å². The average molecular weight is 257 g/mol. The molecule has 17 heavy (non-hydrogen) atoms. The summed E-state index contributed by atoms with van der Waals surface area (Å²) in [6.07, 6.45) is 2.04. The molecule has 1 saturated heterocycles. The minimum Gasteiger partial charge on any atom is -0.379 e. The fourth-order valence-corrected chi connectivity index (χ4v) is 2.04. The summed E-state index contributed by atoms with van der Waals surface area (Å²) < 4.78 is 5.34. The first-order valence-electron chi connectivity index (χ1n) is 5.45. The Bertz CT molecular complexity index is 419. The number of hydrogen-bond acceptors (Lipinski definition) is 4. The van der Waals surface area contributed by atoms with E-state index in [1.165, 1.54) is 12.1 Å². The monoisotopic (exact) mass is 256 g/mol. The molecule has 1 aliphatic rings. The van der Waals surface area contributed by atoms with E-state index < -0.39 is 4.92 Å². The van der Waals surface area contributed by atoms with Crippen molar-refractivity contribution in [2.24, 2.45) is 0 Å². The molecule has 1 aromatic rings. The first kappa shape index (κ1) is 12.1. The zero-order chi connectivity index (χ0) is 12.3. The van der Waals surface area contributed by atoms with E-state index in [-0.39, 0.29) is 11.7 Å². The molecular weight excluding hydrogens is 244 g/mol. The minimum absolute atomic E-state index is 0.000411. The lowest BCUT2D eigenvalue weighted by molar-refractivity contribution is -0.384. The number of hydrogen-bond donors (Lipinski definition) is 1. The van der Waals surface area contributed by atoms with Crippen LogP contribution in [0.1, 0.15) is 12.8 Å². The third kappa shape index (κ3) is 3.08. The van der Waals surface area contributed by atoms with Gasteiger partial charge in [-0.25, -0.2) is 0 Å². The lowest BCUT2D eigenvalue weighted by Gasteiger charge is -2.24. The standard InChI is InChI=1S/C11H13ClN2O3/c12-10-6-9(14(15)16)3-4-11(10)13-8-2-1-5-17-7-8/h3-4,6,8,13H,1-2,5,7H2. The van der Waals surface area contributed by atoms with Gasteiger partial charge in [-0.1, -0.05) is 11.6 Å². The number of non-ortho nitro benzene ring substituents is 1. The summed E-state index contributed by atoms with van der Waals surface area (Å²) in [4.78, 5) is 10.1. The number of nitro benzene ring substituents is 1. The molecule has 1 heterocycles. The molecule has 0 aromatic heterocycles. The quantitative estimate of drug-likeness (QED) is 0.667. The van der Waals surface area contributed by atoms with Gasteiger partial charge in [-0.15, -0.1) is 0 Å². The molecule has 2 rings (SSSR count). The van der Waals surface area contributed by atoms with Gasteiger partial charge in [-0.2, -0.15) is 0 Å². The molecule has 0 radical (unpaired) electrons. The van der Waals surface area contributed by atoms with Crippen LogP contribution in [-0.4, -0.2) is 24.2 Å². The largest absolute Gasteiger partial charge is 0.379 e. The van der Waals surface area contributed by atoms with Gasteiger partial charge >= 0.3 is 0 Å². The van der Waals surface area contributed by atoms with Gasteiger partial charge in [0, 0.05) is 24.8 Å². The number of nitro groups is 1. The lowest BCUT2D eigenvalue weighted by atomic mass is 10.1. The van der Waals surface area contributed by atoms with Gasteiger partial charge < -0.3 is 10.1 Å². The number of nitrogens with zero attached hydrogens (tertiary/aromatic N) is 1. The van der Waals surface area contributed by atoms with Gasteiger partial charge in [-0.3, -0.25) is 10.1 Å². The molecule has 0 bridgehead atoms. The van der Waals surface area contributed by atoms with Gasteiger partial charge in [0.2, 0.25) is 0 Å². The lowest BCUT2D eigenvalue weighted by Crippen LogP contribution is -2.30. The second-order valence-corrected chi connectivity index (χ2v) is 4.39. The Morgan fingerprint density at radius 1 is 1.53 bits per heavy atom. The predicted octanol–water partition coefficient (Wildman–Crippen LogP) is 2.84. The second-order valence-electron chi connectivity index (χ2n) is 3.98. The molecule has 6 heteroatoms. The molecule has 1 fully saturated rings. The molecule has 5 nitrogen and oxygen atoms in total. The molecule has 1 aliphatic heterocycles. The van der Waals surface area contributed by atoms with Crippen LogP contribution in [0.2, 0.25) is 5.02 Å². The van der Waals surface area contributed by atoms with Crippen molar-refractivity contribution in [2.45, 2.75) is 18.9 Å². The van der Waals surface area contributed by atoms with Crippen molar-refractivity contribution >= 4 is 23.0 Å². The number of benzene rings is 1. The normalized spacial score (nSPS) is 19.9. The van der Waals surface area contributed by atoms with E-state index in [2.05, 4.69) is 5.32 Å². The van der Waals surface area contributed by atoms with Crippen LogP contribution in [0.25, 0.3) is 0 Å². The summed E-state index contributed by atoms with van der Waals surface area (Å²) in [6.45, 7) is 1.44. The highest BCUT2D eigenvalue weighted by Gasteiger charge is 2.16. The molecule has 1 atom stereocenters. The Hall–Kier alpha value is -1.33.